The third kappa shape index (κ3) is 3.27. The van der Waals surface area contributed by atoms with Crippen LogP contribution < -0.4 is 0 Å². The van der Waals surface area contributed by atoms with Crippen LogP contribution in [0, 0.1) is 5.92 Å². The van der Waals surface area contributed by atoms with Gasteiger partial charge in [-0.25, -0.2) is 9.97 Å². The van der Waals surface area contributed by atoms with Crippen LogP contribution in [0.2, 0.25) is 0 Å². The van der Waals surface area contributed by atoms with Gasteiger partial charge in [0.1, 0.15) is 13.4 Å². The Morgan fingerprint density at radius 3 is 2.38 bits per heavy atom. The molecule has 21 heavy (non-hydrogen) atoms. The average molecular weight is 280 g/mol. The van der Waals surface area contributed by atoms with E-state index in [9.17, 15) is 0 Å². The highest BCUT2D eigenvalue weighted by molar-refractivity contribution is 5.85. The van der Waals surface area contributed by atoms with Gasteiger partial charge in [-0.3, -0.25) is 0 Å². The second-order valence-electron chi connectivity index (χ2n) is 5.15. The van der Waals surface area contributed by atoms with Gasteiger partial charge in [-0.05, 0) is 36.8 Å². The van der Waals surface area contributed by atoms with Crippen LogP contribution >= 0.6 is 0 Å². The maximum absolute atomic E-state index is 4.86. The SMILES string of the molecule is CON=C1CC[C](c2cccc(-c3cncnc3)c2)CC1. The van der Waals surface area contributed by atoms with Gasteiger partial charge in [-0.2, -0.15) is 0 Å². The summed E-state index contributed by atoms with van der Waals surface area (Å²) < 4.78 is 0. The molecule has 3 rings (SSSR count). The number of aromatic nitrogens is 2. The van der Waals surface area contributed by atoms with Gasteiger partial charge in [0.2, 0.25) is 0 Å². The number of nitrogens with zero attached hydrogens (tertiary/aromatic N) is 3. The van der Waals surface area contributed by atoms with E-state index in [0.29, 0.717) is 0 Å². The zero-order valence-electron chi connectivity index (χ0n) is 12.1. The van der Waals surface area contributed by atoms with E-state index < -0.39 is 0 Å². The normalized spacial score (nSPS) is 15.8. The zero-order valence-corrected chi connectivity index (χ0v) is 12.1. The van der Waals surface area contributed by atoms with Crippen molar-refractivity contribution < 1.29 is 4.84 Å². The topological polar surface area (TPSA) is 47.4 Å². The van der Waals surface area contributed by atoms with E-state index >= 15 is 0 Å². The van der Waals surface area contributed by atoms with E-state index in [2.05, 4.69) is 39.4 Å². The lowest BCUT2D eigenvalue weighted by Crippen LogP contribution is -2.13. The molecule has 4 heteroatoms. The molecule has 0 bridgehead atoms. The first-order valence-corrected chi connectivity index (χ1v) is 7.16. The molecule has 1 heterocycles. The highest BCUT2D eigenvalue weighted by Crippen LogP contribution is 2.32. The predicted molar refractivity (Wildman–Crippen MR) is 82.7 cm³/mol. The van der Waals surface area contributed by atoms with Crippen LogP contribution in [0.3, 0.4) is 0 Å². The minimum Gasteiger partial charge on any atom is -0.399 e. The number of rotatable bonds is 3. The predicted octanol–water partition coefficient (Wildman–Crippen LogP) is 3.64. The molecule has 1 aliphatic rings. The van der Waals surface area contributed by atoms with Crippen molar-refractivity contribution in [2.24, 2.45) is 5.16 Å². The summed E-state index contributed by atoms with van der Waals surface area (Å²) in [4.78, 5) is 13.0. The Morgan fingerprint density at radius 2 is 1.67 bits per heavy atom. The first kappa shape index (κ1) is 13.7. The molecule has 4 nitrogen and oxygen atoms in total. The monoisotopic (exact) mass is 280 g/mol. The molecule has 0 atom stereocenters. The van der Waals surface area contributed by atoms with Gasteiger partial charge in [0, 0.05) is 23.9 Å². The Kier molecular flexibility index (Phi) is 4.24. The first-order chi connectivity index (χ1) is 10.4. The van der Waals surface area contributed by atoms with Gasteiger partial charge in [0.15, 0.2) is 0 Å². The van der Waals surface area contributed by atoms with Crippen molar-refractivity contribution in [2.75, 3.05) is 7.11 Å². The lowest BCUT2D eigenvalue weighted by molar-refractivity contribution is 0.211. The smallest absolute Gasteiger partial charge is 0.115 e. The van der Waals surface area contributed by atoms with Gasteiger partial charge in [0.05, 0.1) is 5.71 Å². The van der Waals surface area contributed by atoms with Crippen LogP contribution in [-0.2, 0) is 4.84 Å². The molecular formula is C17H18N3O. The summed E-state index contributed by atoms with van der Waals surface area (Å²) >= 11 is 0. The number of hydrogen-bond donors (Lipinski definition) is 0. The standard InChI is InChI=1S/C17H18N3O/c1-21-20-17-7-5-13(6-8-17)14-3-2-4-15(9-14)16-10-18-12-19-11-16/h2-4,9-12H,5-8H2,1H3. The van der Waals surface area contributed by atoms with E-state index in [1.807, 2.05) is 12.4 Å². The molecule has 0 amide bonds. The fraction of sp³-hybridized carbons (Fsp3) is 0.294. The van der Waals surface area contributed by atoms with Crippen LogP contribution in [0.4, 0.5) is 0 Å². The van der Waals surface area contributed by atoms with Crippen LogP contribution in [0.5, 0.6) is 0 Å². The van der Waals surface area contributed by atoms with Crippen molar-refractivity contribution in [1.82, 2.24) is 9.97 Å². The fourth-order valence-corrected chi connectivity index (χ4v) is 2.72. The van der Waals surface area contributed by atoms with Crippen LogP contribution in [0.1, 0.15) is 31.2 Å². The van der Waals surface area contributed by atoms with Crippen LogP contribution in [-0.4, -0.2) is 22.8 Å². The fourth-order valence-electron chi connectivity index (χ4n) is 2.72. The molecule has 1 aromatic carbocycles. The Bertz CT molecular complexity index is 615. The Morgan fingerprint density at radius 1 is 0.952 bits per heavy atom. The molecular weight excluding hydrogens is 262 g/mol. The molecule has 107 valence electrons. The van der Waals surface area contributed by atoms with Crippen molar-refractivity contribution in [2.45, 2.75) is 25.7 Å². The largest absolute Gasteiger partial charge is 0.399 e. The third-order valence-corrected chi connectivity index (χ3v) is 3.82. The summed E-state index contributed by atoms with van der Waals surface area (Å²) in [5, 5.41) is 4.06. The highest BCUT2D eigenvalue weighted by Gasteiger charge is 2.20. The molecule has 1 aliphatic carbocycles. The van der Waals surface area contributed by atoms with Crippen molar-refractivity contribution in [3.8, 4) is 11.1 Å². The van der Waals surface area contributed by atoms with E-state index in [0.717, 1.165) is 42.5 Å². The molecule has 0 spiro atoms. The third-order valence-electron chi connectivity index (χ3n) is 3.82. The summed E-state index contributed by atoms with van der Waals surface area (Å²) in [5.41, 5.74) is 4.69. The van der Waals surface area contributed by atoms with E-state index in [4.69, 9.17) is 4.84 Å². The molecule has 0 aliphatic heterocycles. The molecule has 1 fully saturated rings. The Hall–Kier alpha value is -2.23. The van der Waals surface area contributed by atoms with Crippen molar-refractivity contribution in [3.63, 3.8) is 0 Å². The van der Waals surface area contributed by atoms with Gasteiger partial charge in [-0.15, -0.1) is 0 Å². The molecule has 1 aromatic heterocycles. The summed E-state index contributed by atoms with van der Waals surface area (Å²) in [6.45, 7) is 0. The Labute approximate surface area is 124 Å². The van der Waals surface area contributed by atoms with E-state index in [1.54, 1.807) is 13.4 Å². The lowest BCUT2D eigenvalue weighted by Gasteiger charge is -2.22. The molecule has 1 radical (unpaired) electrons. The number of benzene rings is 1. The average Bonchev–Trinajstić information content (AvgIpc) is 2.57. The number of hydrogen-bond acceptors (Lipinski definition) is 4. The lowest BCUT2D eigenvalue weighted by atomic mass is 9.82. The first-order valence-electron chi connectivity index (χ1n) is 7.16. The molecule has 0 unspecified atom stereocenters. The maximum Gasteiger partial charge on any atom is 0.115 e. The van der Waals surface area contributed by atoms with Gasteiger partial charge >= 0.3 is 0 Å². The summed E-state index contributed by atoms with van der Waals surface area (Å²) in [5.74, 6) is 1.49. The minimum absolute atomic E-state index is 0.988. The maximum atomic E-state index is 4.86. The van der Waals surface area contributed by atoms with Crippen molar-refractivity contribution >= 4 is 5.71 Å². The highest BCUT2D eigenvalue weighted by atomic mass is 16.6. The second-order valence-corrected chi connectivity index (χ2v) is 5.15. The van der Waals surface area contributed by atoms with Crippen molar-refractivity contribution in [1.29, 1.82) is 0 Å². The van der Waals surface area contributed by atoms with Gasteiger partial charge in [0.25, 0.3) is 0 Å². The summed E-state index contributed by atoms with van der Waals surface area (Å²) in [6, 6.07) is 8.61. The molecule has 0 N–H and O–H groups in total. The molecule has 1 saturated carbocycles. The summed E-state index contributed by atoms with van der Waals surface area (Å²) in [6.07, 6.45) is 9.33. The summed E-state index contributed by atoms with van der Waals surface area (Å²) in [7, 11) is 1.61. The van der Waals surface area contributed by atoms with Crippen molar-refractivity contribution in [3.05, 3.63) is 54.5 Å². The molecule has 2 aromatic rings. The number of oxime groups is 1. The Balaban J connectivity index is 1.77. The van der Waals surface area contributed by atoms with Gasteiger partial charge < -0.3 is 4.84 Å². The van der Waals surface area contributed by atoms with Crippen LogP contribution in [0.25, 0.3) is 11.1 Å². The second kappa shape index (κ2) is 6.48. The quantitative estimate of drug-likeness (QED) is 0.806. The van der Waals surface area contributed by atoms with Crippen LogP contribution in [0.15, 0.2) is 48.1 Å². The van der Waals surface area contributed by atoms with E-state index in [1.165, 1.54) is 11.5 Å². The van der Waals surface area contributed by atoms with Gasteiger partial charge in [-0.1, -0.05) is 29.4 Å². The minimum atomic E-state index is 0.988. The van der Waals surface area contributed by atoms with E-state index in [-0.39, 0.29) is 0 Å². The zero-order chi connectivity index (χ0) is 14.5. The molecule has 0 saturated heterocycles.